The summed E-state index contributed by atoms with van der Waals surface area (Å²) in [5.74, 6) is -0.627. The number of aldehydes is 1. The van der Waals surface area contributed by atoms with E-state index in [1.54, 1.807) is 32.9 Å². The maximum atomic E-state index is 12.1. The van der Waals surface area contributed by atoms with Crippen molar-refractivity contribution in [1.82, 2.24) is 5.32 Å². The molecule has 1 N–H and O–H groups in total. The molecule has 3 unspecified atom stereocenters. The number of alkyl carbamates (subject to hydrolysis) is 1. The second-order valence-electron chi connectivity index (χ2n) is 7.32. The van der Waals surface area contributed by atoms with Crippen molar-refractivity contribution in [2.24, 2.45) is 0 Å². The molecule has 2 rings (SSSR count). The number of rotatable bonds is 4. The lowest BCUT2D eigenvalue weighted by Gasteiger charge is -2.22. The summed E-state index contributed by atoms with van der Waals surface area (Å²) in [6.45, 7) is 6.99. The molecule has 3 atom stereocenters. The van der Waals surface area contributed by atoms with Gasteiger partial charge in [-0.05, 0) is 33.3 Å². The van der Waals surface area contributed by atoms with Crippen molar-refractivity contribution >= 4 is 22.2 Å². The van der Waals surface area contributed by atoms with Crippen molar-refractivity contribution in [1.29, 1.82) is 0 Å². The number of carbonyl (C=O) groups is 2. The molecule has 1 aliphatic rings. The van der Waals surface area contributed by atoms with Crippen LogP contribution in [0.5, 0.6) is 0 Å². The van der Waals surface area contributed by atoms with Gasteiger partial charge in [-0.25, -0.2) is 13.2 Å². The van der Waals surface area contributed by atoms with Crippen LogP contribution in [-0.2, 0) is 19.4 Å². The summed E-state index contributed by atoms with van der Waals surface area (Å²) in [5, 5.41) is 1.48. The van der Waals surface area contributed by atoms with Crippen LogP contribution >= 0.6 is 0 Å². The highest BCUT2D eigenvalue weighted by Gasteiger charge is 2.71. The Labute approximate surface area is 142 Å². The van der Waals surface area contributed by atoms with Crippen LogP contribution in [0.4, 0.5) is 4.79 Å². The number of nitrogens with one attached hydrogen (secondary N) is 1. The van der Waals surface area contributed by atoms with Crippen molar-refractivity contribution in [2.45, 2.75) is 50.0 Å². The van der Waals surface area contributed by atoms with Crippen molar-refractivity contribution in [2.75, 3.05) is 6.26 Å². The number of carbonyl (C=O) groups excluding carboxylic acids is 2. The lowest BCUT2D eigenvalue weighted by atomic mass is 10.1. The van der Waals surface area contributed by atoms with Gasteiger partial charge in [-0.3, -0.25) is 0 Å². The molecule has 0 aliphatic heterocycles. The maximum absolute atomic E-state index is 12.1. The molecule has 1 fully saturated rings. The monoisotopic (exact) mass is 353 g/mol. The van der Waals surface area contributed by atoms with E-state index in [9.17, 15) is 18.0 Å². The van der Waals surface area contributed by atoms with Gasteiger partial charge in [0.1, 0.15) is 22.7 Å². The first-order chi connectivity index (χ1) is 10.9. The highest BCUT2D eigenvalue weighted by Crippen LogP contribution is 2.54. The molecule has 132 valence electrons. The van der Waals surface area contributed by atoms with E-state index >= 15 is 0 Å². The van der Waals surface area contributed by atoms with Gasteiger partial charge in [0, 0.05) is 12.2 Å². The van der Waals surface area contributed by atoms with Crippen LogP contribution in [-0.4, -0.2) is 43.4 Å². The topological polar surface area (TPSA) is 89.5 Å². The number of amides is 1. The molecule has 0 saturated heterocycles. The minimum Gasteiger partial charge on any atom is -0.444 e. The fraction of sp³-hybridized carbons (Fsp3) is 0.529. The van der Waals surface area contributed by atoms with Gasteiger partial charge in [0.05, 0.1) is 0 Å². The van der Waals surface area contributed by atoms with E-state index in [-0.39, 0.29) is 0 Å². The zero-order valence-electron chi connectivity index (χ0n) is 14.5. The molecule has 1 aromatic rings. The number of hydrogen-bond donors (Lipinski definition) is 1. The molecule has 0 aromatic heterocycles. The van der Waals surface area contributed by atoms with Gasteiger partial charge in [-0.15, -0.1) is 0 Å². The van der Waals surface area contributed by atoms with E-state index < -0.39 is 38.2 Å². The van der Waals surface area contributed by atoms with E-state index in [4.69, 9.17) is 4.74 Å². The van der Waals surface area contributed by atoms with Gasteiger partial charge < -0.3 is 14.8 Å². The van der Waals surface area contributed by atoms with E-state index in [1.807, 2.05) is 19.1 Å². The zero-order chi connectivity index (χ0) is 18.3. The molecular formula is C17H23NO5S. The Balaban J connectivity index is 2.36. The first-order valence-electron chi connectivity index (χ1n) is 7.63. The fourth-order valence-electron chi connectivity index (χ4n) is 3.00. The SMILES string of the molecule is Cc1ccc(C2C(S(C)(=O)=O)C2(C=O)NC(=O)OC(C)(C)C)cc1. The lowest BCUT2D eigenvalue weighted by molar-refractivity contribution is -0.110. The van der Waals surface area contributed by atoms with Crippen LogP contribution in [0.15, 0.2) is 24.3 Å². The molecule has 0 bridgehead atoms. The first kappa shape index (κ1) is 18.4. The third kappa shape index (κ3) is 3.61. The molecule has 1 aliphatic carbocycles. The van der Waals surface area contributed by atoms with Gasteiger partial charge in [0.15, 0.2) is 9.84 Å². The highest BCUT2D eigenvalue weighted by molar-refractivity contribution is 7.91. The maximum Gasteiger partial charge on any atom is 0.408 e. The van der Waals surface area contributed by atoms with Gasteiger partial charge in [0.2, 0.25) is 0 Å². The molecule has 1 saturated carbocycles. The lowest BCUT2D eigenvalue weighted by Crippen LogP contribution is -2.45. The molecule has 0 heterocycles. The van der Waals surface area contributed by atoms with Crippen molar-refractivity contribution in [3.8, 4) is 0 Å². The van der Waals surface area contributed by atoms with Crippen molar-refractivity contribution in [3.63, 3.8) is 0 Å². The number of sulfone groups is 1. The number of hydrogen-bond acceptors (Lipinski definition) is 5. The molecule has 24 heavy (non-hydrogen) atoms. The Bertz CT molecular complexity index is 748. The van der Waals surface area contributed by atoms with Crippen LogP contribution < -0.4 is 5.32 Å². The predicted octanol–water partition coefficient (Wildman–Crippen LogP) is 1.97. The predicted molar refractivity (Wildman–Crippen MR) is 90.7 cm³/mol. The van der Waals surface area contributed by atoms with E-state index in [1.165, 1.54) is 0 Å². The van der Waals surface area contributed by atoms with Crippen LogP contribution in [0.2, 0.25) is 0 Å². The van der Waals surface area contributed by atoms with E-state index in [0.29, 0.717) is 11.8 Å². The van der Waals surface area contributed by atoms with E-state index in [2.05, 4.69) is 5.32 Å². The number of aryl methyl sites for hydroxylation is 1. The largest absolute Gasteiger partial charge is 0.444 e. The molecule has 0 radical (unpaired) electrons. The Morgan fingerprint density at radius 1 is 1.25 bits per heavy atom. The Hall–Kier alpha value is -1.89. The van der Waals surface area contributed by atoms with Gasteiger partial charge >= 0.3 is 6.09 Å². The number of benzene rings is 1. The molecule has 1 amide bonds. The van der Waals surface area contributed by atoms with Crippen molar-refractivity contribution in [3.05, 3.63) is 35.4 Å². The first-order valence-corrected chi connectivity index (χ1v) is 9.59. The fourth-order valence-corrected chi connectivity index (χ4v) is 4.77. The van der Waals surface area contributed by atoms with Crippen LogP contribution in [0, 0.1) is 6.92 Å². The standard InChI is InChI=1S/C17H23NO5S/c1-11-6-8-12(9-7-11)13-14(24(5,21)22)17(13,10-19)18-15(20)23-16(2,3)4/h6-10,13-14H,1-5H3,(H,18,20). The average Bonchev–Trinajstić information content (AvgIpc) is 3.06. The summed E-state index contributed by atoms with van der Waals surface area (Å²) in [7, 11) is -3.55. The summed E-state index contributed by atoms with van der Waals surface area (Å²) in [4.78, 5) is 23.9. The number of ether oxygens (including phenoxy) is 1. The summed E-state index contributed by atoms with van der Waals surface area (Å²) >= 11 is 0. The Kier molecular flexibility index (Phi) is 4.52. The zero-order valence-corrected chi connectivity index (χ0v) is 15.3. The third-order valence-corrected chi connectivity index (χ3v) is 5.57. The van der Waals surface area contributed by atoms with Gasteiger partial charge in [-0.2, -0.15) is 0 Å². The smallest absolute Gasteiger partial charge is 0.408 e. The quantitative estimate of drug-likeness (QED) is 0.836. The third-order valence-electron chi connectivity index (χ3n) is 3.99. The van der Waals surface area contributed by atoms with E-state index in [0.717, 1.165) is 11.8 Å². The molecule has 1 aromatic carbocycles. The van der Waals surface area contributed by atoms with Gasteiger partial charge in [-0.1, -0.05) is 29.8 Å². The van der Waals surface area contributed by atoms with Crippen LogP contribution in [0.3, 0.4) is 0 Å². The molecular weight excluding hydrogens is 330 g/mol. The van der Waals surface area contributed by atoms with Gasteiger partial charge in [0.25, 0.3) is 0 Å². The molecule has 7 heteroatoms. The highest BCUT2D eigenvalue weighted by atomic mass is 32.2. The second-order valence-corrected chi connectivity index (χ2v) is 9.48. The molecule has 6 nitrogen and oxygen atoms in total. The van der Waals surface area contributed by atoms with Crippen molar-refractivity contribution < 1.29 is 22.7 Å². The van der Waals surface area contributed by atoms with Crippen LogP contribution in [0.25, 0.3) is 0 Å². The average molecular weight is 353 g/mol. The Morgan fingerprint density at radius 2 is 1.79 bits per heavy atom. The second kappa shape index (κ2) is 5.88. The van der Waals surface area contributed by atoms with Crippen LogP contribution in [0.1, 0.15) is 37.8 Å². The normalized spacial score (nSPS) is 26.5. The summed E-state index contributed by atoms with van der Waals surface area (Å²) in [5.41, 5.74) is -0.528. The minimum atomic E-state index is -3.55. The summed E-state index contributed by atoms with van der Waals surface area (Å²) in [6, 6.07) is 7.24. The Morgan fingerprint density at radius 3 is 2.21 bits per heavy atom. The summed E-state index contributed by atoms with van der Waals surface area (Å²) < 4.78 is 29.4. The minimum absolute atomic E-state index is 0.507. The molecule has 0 spiro atoms. The summed E-state index contributed by atoms with van der Waals surface area (Å²) in [6.07, 6.45) is 0.770.